The van der Waals surface area contributed by atoms with Crippen LogP contribution in [0.15, 0.2) is 59.4 Å². The van der Waals surface area contributed by atoms with E-state index in [1.54, 1.807) is 7.11 Å². The van der Waals surface area contributed by atoms with Crippen LogP contribution < -0.4 is 0 Å². The molecular formula is C15H13ClN2O. The first kappa shape index (κ1) is 12.1. The first-order valence-corrected chi connectivity index (χ1v) is 6.39. The Morgan fingerprint density at radius 1 is 1.26 bits per heavy atom. The zero-order chi connectivity index (χ0) is 13.2. The molecule has 96 valence electrons. The summed E-state index contributed by atoms with van der Waals surface area (Å²) in [5, 5.41) is 0.733. The van der Waals surface area contributed by atoms with Gasteiger partial charge in [0.25, 0.3) is 0 Å². The first-order chi connectivity index (χ1) is 9.26. The number of rotatable bonds is 2. The molecule has 0 N–H and O–H groups in total. The average molecular weight is 273 g/mol. The van der Waals surface area contributed by atoms with Crippen LogP contribution in [0.4, 0.5) is 0 Å². The van der Waals surface area contributed by atoms with Gasteiger partial charge in [0.15, 0.2) is 0 Å². The highest BCUT2D eigenvalue weighted by atomic mass is 35.5. The largest absolute Gasteiger partial charge is 0.497 e. The minimum Gasteiger partial charge on any atom is -0.497 e. The highest BCUT2D eigenvalue weighted by Crippen LogP contribution is 2.24. The number of ether oxygens (including phenoxy) is 1. The molecule has 4 heteroatoms. The maximum Gasteiger partial charge on any atom is 0.137 e. The molecule has 0 bridgehead atoms. The predicted molar refractivity (Wildman–Crippen MR) is 77.8 cm³/mol. The van der Waals surface area contributed by atoms with E-state index >= 15 is 0 Å². The molecule has 3 rings (SSSR count). The van der Waals surface area contributed by atoms with E-state index < -0.39 is 0 Å². The summed E-state index contributed by atoms with van der Waals surface area (Å²) in [4.78, 5) is 6.73. The fourth-order valence-corrected chi connectivity index (χ4v) is 2.16. The third-order valence-electron chi connectivity index (χ3n) is 3.08. The molecular weight excluding hydrogens is 260 g/mol. The van der Waals surface area contributed by atoms with Crippen molar-refractivity contribution < 1.29 is 4.74 Å². The number of amidine groups is 1. The average Bonchev–Trinajstić information content (AvgIpc) is 2.47. The molecule has 2 heterocycles. The van der Waals surface area contributed by atoms with Gasteiger partial charge in [-0.25, -0.2) is 4.99 Å². The van der Waals surface area contributed by atoms with Crippen LogP contribution in [0.1, 0.15) is 5.56 Å². The Bertz CT molecular complexity index is 612. The van der Waals surface area contributed by atoms with Crippen LogP contribution in [-0.2, 0) is 4.74 Å². The van der Waals surface area contributed by atoms with E-state index in [0.29, 0.717) is 0 Å². The third kappa shape index (κ3) is 2.42. The van der Waals surface area contributed by atoms with Crippen molar-refractivity contribution in [3.8, 4) is 0 Å². The van der Waals surface area contributed by atoms with Gasteiger partial charge in [0.1, 0.15) is 11.6 Å². The Morgan fingerprint density at radius 3 is 2.79 bits per heavy atom. The molecule has 0 spiro atoms. The standard InChI is InChI=1S/C15H13ClN2O/c1-19-13-6-8-18-9-7-14(17-15(18)10-13)11-2-4-12(16)5-3-11/h2-8,10H,9H2,1H3. The summed E-state index contributed by atoms with van der Waals surface area (Å²) in [5.41, 5.74) is 2.03. The van der Waals surface area contributed by atoms with E-state index in [4.69, 9.17) is 16.3 Å². The van der Waals surface area contributed by atoms with Crippen molar-refractivity contribution in [2.75, 3.05) is 13.7 Å². The monoisotopic (exact) mass is 272 g/mol. The number of methoxy groups -OCH3 is 1. The molecule has 0 radical (unpaired) electrons. The number of nitrogens with zero attached hydrogens (tertiary/aromatic N) is 2. The van der Waals surface area contributed by atoms with E-state index in [-0.39, 0.29) is 0 Å². The minimum absolute atomic E-state index is 0.733. The van der Waals surface area contributed by atoms with Crippen molar-refractivity contribution in [2.45, 2.75) is 0 Å². The van der Waals surface area contributed by atoms with Crippen LogP contribution in [0.3, 0.4) is 0 Å². The second-order valence-electron chi connectivity index (χ2n) is 4.29. The molecule has 0 saturated heterocycles. The van der Waals surface area contributed by atoms with Crippen molar-refractivity contribution in [1.82, 2.24) is 4.90 Å². The molecule has 0 amide bonds. The van der Waals surface area contributed by atoms with Gasteiger partial charge in [-0.05, 0) is 24.3 Å². The first-order valence-electron chi connectivity index (χ1n) is 6.01. The van der Waals surface area contributed by atoms with Gasteiger partial charge in [-0.1, -0.05) is 23.7 Å². The molecule has 1 aromatic rings. The molecule has 0 aliphatic carbocycles. The van der Waals surface area contributed by atoms with Crippen LogP contribution in [0.2, 0.25) is 5.02 Å². The lowest BCUT2D eigenvalue weighted by atomic mass is 10.1. The highest BCUT2D eigenvalue weighted by molar-refractivity contribution is 6.30. The second-order valence-corrected chi connectivity index (χ2v) is 4.72. The van der Waals surface area contributed by atoms with Crippen LogP contribution in [0, 0.1) is 0 Å². The van der Waals surface area contributed by atoms with Gasteiger partial charge in [-0.3, -0.25) is 0 Å². The highest BCUT2D eigenvalue weighted by Gasteiger charge is 2.16. The number of hydrogen-bond donors (Lipinski definition) is 0. The van der Waals surface area contributed by atoms with Gasteiger partial charge in [0.2, 0.25) is 0 Å². The van der Waals surface area contributed by atoms with Gasteiger partial charge in [-0.2, -0.15) is 0 Å². The van der Waals surface area contributed by atoms with E-state index in [2.05, 4.69) is 16.0 Å². The van der Waals surface area contributed by atoms with Crippen molar-refractivity contribution in [3.05, 3.63) is 65.0 Å². The number of hydrogen-bond acceptors (Lipinski definition) is 3. The lowest BCUT2D eigenvalue weighted by Gasteiger charge is -2.26. The molecule has 1 aromatic carbocycles. The zero-order valence-corrected chi connectivity index (χ0v) is 11.3. The molecule has 0 aromatic heterocycles. The fraction of sp³-hybridized carbons (Fsp3) is 0.133. The van der Waals surface area contributed by atoms with Crippen LogP contribution >= 0.6 is 11.6 Å². The molecule has 3 nitrogen and oxygen atoms in total. The van der Waals surface area contributed by atoms with Crippen LogP contribution in [-0.4, -0.2) is 24.4 Å². The number of aliphatic imine (C=N–C) groups is 1. The molecule has 0 fully saturated rings. The predicted octanol–water partition coefficient (Wildman–Crippen LogP) is 3.45. The molecule has 2 aliphatic heterocycles. The lowest BCUT2D eigenvalue weighted by molar-refractivity contribution is 0.304. The summed E-state index contributed by atoms with van der Waals surface area (Å²) in [6.45, 7) is 0.806. The number of fused-ring (bicyclic) bond motifs is 1. The van der Waals surface area contributed by atoms with Gasteiger partial charge >= 0.3 is 0 Å². The van der Waals surface area contributed by atoms with Gasteiger partial charge in [-0.15, -0.1) is 0 Å². The summed E-state index contributed by atoms with van der Waals surface area (Å²) in [5.74, 6) is 1.71. The fourth-order valence-electron chi connectivity index (χ4n) is 2.03. The quantitative estimate of drug-likeness (QED) is 0.824. The maximum absolute atomic E-state index is 5.90. The van der Waals surface area contributed by atoms with E-state index in [1.807, 2.05) is 42.6 Å². The summed E-state index contributed by atoms with van der Waals surface area (Å²) in [6, 6.07) is 7.71. The van der Waals surface area contributed by atoms with E-state index in [0.717, 1.165) is 34.4 Å². The van der Waals surface area contributed by atoms with Crippen molar-refractivity contribution in [2.24, 2.45) is 4.99 Å². The zero-order valence-electron chi connectivity index (χ0n) is 10.5. The Labute approximate surface area is 117 Å². The van der Waals surface area contributed by atoms with E-state index in [9.17, 15) is 0 Å². The molecule has 0 unspecified atom stereocenters. The smallest absolute Gasteiger partial charge is 0.137 e. The Balaban J connectivity index is 1.92. The van der Waals surface area contributed by atoms with Crippen molar-refractivity contribution in [3.63, 3.8) is 0 Å². The molecule has 0 saturated carbocycles. The molecule has 0 atom stereocenters. The molecule has 2 aliphatic rings. The Morgan fingerprint density at radius 2 is 2.05 bits per heavy atom. The van der Waals surface area contributed by atoms with Gasteiger partial charge in [0.05, 0.1) is 12.8 Å². The Hall–Kier alpha value is -2.00. The topological polar surface area (TPSA) is 24.8 Å². The SMILES string of the molecule is COC1=CC2=NC(c3ccc(Cl)cc3)=CCN2C=C1. The maximum atomic E-state index is 5.90. The summed E-state index contributed by atoms with van der Waals surface area (Å²) >= 11 is 5.90. The second kappa shape index (κ2) is 4.94. The lowest BCUT2D eigenvalue weighted by Crippen LogP contribution is -2.29. The van der Waals surface area contributed by atoms with Crippen LogP contribution in [0.25, 0.3) is 5.70 Å². The van der Waals surface area contributed by atoms with Crippen molar-refractivity contribution in [1.29, 1.82) is 0 Å². The van der Waals surface area contributed by atoms with Gasteiger partial charge in [0, 0.05) is 29.4 Å². The minimum atomic E-state index is 0.733. The number of benzene rings is 1. The summed E-state index contributed by atoms with van der Waals surface area (Å²) < 4.78 is 5.23. The summed E-state index contributed by atoms with van der Waals surface area (Å²) in [7, 11) is 1.66. The normalized spacial score (nSPS) is 17.4. The van der Waals surface area contributed by atoms with E-state index in [1.165, 1.54) is 0 Å². The number of halogens is 1. The number of allylic oxidation sites excluding steroid dienone is 1. The van der Waals surface area contributed by atoms with Crippen molar-refractivity contribution >= 4 is 23.1 Å². The summed E-state index contributed by atoms with van der Waals surface area (Å²) in [6.07, 6.45) is 7.94. The van der Waals surface area contributed by atoms with Crippen LogP contribution in [0.5, 0.6) is 0 Å². The van der Waals surface area contributed by atoms with Gasteiger partial charge < -0.3 is 9.64 Å². The molecule has 19 heavy (non-hydrogen) atoms. The Kier molecular flexibility index (Phi) is 3.13. The third-order valence-corrected chi connectivity index (χ3v) is 3.33.